The van der Waals surface area contributed by atoms with E-state index in [4.69, 9.17) is 23.2 Å². The summed E-state index contributed by atoms with van der Waals surface area (Å²) in [6.45, 7) is 2.54. The largest absolute Gasteiger partial charge is 0.367 e. The summed E-state index contributed by atoms with van der Waals surface area (Å²) in [5.74, 6) is -0.439. The normalized spacial score (nSPS) is 13.9. The van der Waals surface area contributed by atoms with E-state index >= 15 is 0 Å². The first-order valence-electron chi connectivity index (χ1n) is 9.32. The minimum Gasteiger partial charge on any atom is -0.367 e. The molecule has 2 aromatic carbocycles. The number of carbonyl (C=O) groups is 2. The Morgan fingerprint density at radius 3 is 2.37 bits per heavy atom. The number of rotatable bonds is 4. The molecule has 1 N–H and O–H groups in total. The van der Waals surface area contributed by atoms with Crippen molar-refractivity contribution in [1.82, 2.24) is 9.88 Å². The van der Waals surface area contributed by atoms with Crippen molar-refractivity contribution in [3.63, 3.8) is 0 Å². The molecule has 0 aliphatic carbocycles. The number of nitrogens with one attached hydrogen (secondary N) is 1. The predicted octanol–water partition coefficient (Wildman–Crippen LogP) is 4.66. The summed E-state index contributed by atoms with van der Waals surface area (Å²) in [4.78, 5) is 33.4. The topological polar surface area (TPSA) is 65.5 Å². The zero-order valence-corrected chi connectivity index (χ0v) is 18.2. The van der Waals surface area contributed by atoms with E-state index in [1.165, 1.54) is 11.3 Å². The van der Waals surface area contributed by atoms with Crippen LogP contribution in [0.2, 0.25) is 10.0 Å². The highest BCUT2D eigenvalue weighted by atomic mass is 35.5. The van der Waals surface area contributed by atoms with E-state index in [9.17, 15) is 9.59 Å². The van der Waals surface area contributed by atoms with Crippen LogP contribution < -0.4 is 10.2 Å². The van der Waals surface area contributed by atoms with E-state index in [2.05, 4.69) is 15.2 Å². The van der Waals surface area contributed by atoms with Gasteiger partial charge in [-0.1, -0.05) is 35.3 Å². The van der Waals surface area contributed by atoms with Crippen LogP contribution in [0.4, 0.5) is 10.8 Å². The number of anilines is 2. The molecule has 4 rings (SSSR count). The Kier molecular flexibility index (Phi) is 6.22. The number of amides is 2. The van der Waals surface area contributed by atoms with Crippen LogP contribution in [0.3, 0.4) is 0 Å². The van der Waals surface area contributed by atoms with Gasteiger partial charge in [-0.2, -0.15) is 0 Å². The number of nitrogens with zero attached hydrogens (tertiary/aromatic N) is 3. The van der Waals surface area contributed by atoms with Gasteiger partial charge >= 0.3 is 0 Å². The average molecular weight is 461 g/mol. The number of hydrogen-bond acceptors (Lipinski definition) is 5. The van der Waals surface area contributed by atoms with Crippen molar-refractivity contribution < 1.29 is 9.59 Å². The van der Waals surface area contributed by atoms with Crippen LogP contribution in [0.15, 0.2) is 53.9 Å². The SMILES string of the molecule is O=C(Nc1nc(C(=O)N2CCN(c3ccccc3Cl)CC2)cs1)c1ccc(Cl)cc1. The molecule has 0 spiro atoms. The number of thiazole rings is 1. The molecule has 1 aliphatic rings. The van der Waals surface area contributed by atoms with Crippen LogP contribution >= 0.6 is 34.5 Å². The lowest BCUT2D eigenvalue weighted by molar-refractivity contribution is 0.0741. The minimum atomic E-state index is -0.298. The maximum absolute atomic E-state index is 12.8. The molecule has 1 aromatic heterocycles. The molecule has 0 radical (unpaired) electrons. The number of carbonyl (C=O) groups excluding carboxylic acids is 2. The van der Waals surface area contributed by atoms with E-state index in [0.29, 0.717) is 52.6 Å². The zero-order valence-electron chi connectivity index (χ0n) is 15.8. The highest BCUT2D eigenvalue weighted by Crippen LogP contribution is 2.26. The lowest BCUT2D eigenvalue weighted by atomic mass is 10.2. The first kappa shape index (κ1) is 20.7. The molecule has 154 valence electrons. The van der Waals surface area contributed by atoms with Crippen molar-refractivity contribution in [1.29, 1.82) is 0 Å². The molecule has 3 aromatic rings. The summed E-state index contributed by atoms with van der Waals surface area (Å²) < 4.78 is 0. The summed E-state index contributed by atoms with van der Waals surface area (Å²) in [7, 11) is 0. The third-order valence-electron chi connectivity index (χ3n) is 4.81. The fraction of sp³-hybridized carbons (Fsp3) is 0.190. The van der Waals surface area contributed by atoms with Gasteiger partial charge in [0, 0.05) is 42.1 Å². The molecule has 30 heavy (non-hydrogen) atoms. The first-order valence-corrected chi connectivity index (χ1v) is 11.0. The van der Waals surface area contributed by atoms with Gasteiger partial charge in [0.05, 0.1) is 10.7 Å². The molecular weight excluding hydrogens is 443 g/mol. The summed E-state index contributed by atoms with van der Waals surface area (Å²) in [5, 5.41) is 6.04. The maximum atomic E-state index is 12.8. The van der Waals surface area contributed by atoms with E-state index in [0.717, 1.165) is 5.69 Å². The van der Waals surface area contributed by atoms with Crippen LogP contribution in [0.5, 0.6) is 0 Å². The summed E-state index contributed by atoms with van der Waals surface area (Å²) in [5.41, 5.74) is 1.78. The molecule has 1 saturated heterocycles. The minimum absolute atomic E-state index is 0.142. The lowest BCUT2D eigenvalue weighted by Crippen LogP contribution is -2.49. The van der Waals surface area contributed by atoms with E-state index in [1.807, 2.05) is 24.3 Å². The van der Waals surface area contributed by atoms with Crippen LogP contribution in [-0.2, 0) is 0 Å². The van der Waals surface area contributed by atoms with Gasteiger partial charge < -0.3 is 9.80 Å². The van der Waals surface area contributed by atoms with Crippen molar-refractivity contribution in [3.05, 3.63) is 75.2 Å². The number of aromatic nitrogens is 1. The number of halogens is 2. The van der Waals surface area contributed by atoms with Crippen molar-refractivity contribution in [2.75, 3.05) is 36.4 Å². The fourth-order valence-electron chi connectivity index (χ4n) is 3.22. The molecule has 1 fully saturated rings. The fourth-order valence-corrected chi connectivity index (χ4v) is 4.28. The summed E-state index contributed by atoms with van der Waals surface area (Å²) in [6.07, 6.45) is 0. The molecule has 2 amide bonds. The highest BCUT2D eigenvalue weighted by Gasteiger charge is 2.25. The second-order valence-electron chi connectivity index (χ2n) is 6.73. The van der Waals surface area contributed by atoms with E-state index in [1.54, 1.807) is 34.5 Å². The number of piperazine rings is 1. The maximum Gasteiger partial charge on any atom is 0.273 e. The third-order valence-corrected chi connectivity index (χ3v) is 6.14. The van der Waals surface area contributed by atoms with Crippen molar-refractivity contribution >= 4 is 57.2 Å². The van der Waals surface area contributed by atoms with Gasteiger partial charge in [-0.3, -0.25) is 14.9 Å². The van der Waals surface area contributed by atoms with Gasteiger partial charge in [0.1, 0.15) is 5.69 Å². The monoisotopic (exact) mass is 460 g/mol. The Morgan fingerprint density at radius 1 is 0.967 bits per heavy atom. The van der Waals surface area contributed by atoms with Crippen LogP contribution in [0, 0.1) is 0 Å². The molecule has 9 heteroatoms. The standard InChI is InChI=1S/C21H18Cl2N4O2S/c22-15-7-5-14(6-8-15)19(28)25-21-24-17(13-30-21)20(29)27-11-9-26(10-12-27)18-4-2-1-3-16(18)23/h1-8,13H,9-12H2,(H,24,25,28). The van der Waals surface area contributed by atoms with Gasteiger partial charge in [0.25, 0.3) is 11.8 Å². The van der Waals surface area contributed by atoms with Gasteiger partial charge in [-0.25, -0.2) is 4.98 Å². The van der Waals surface area contributed by atoms with Gasteiger partial charge in [0.2, 0.25) is 0 Å². The number of benzene rings is 2. The Balaban J connectivity index is 1.36. The Hall–Kier alpha value is -2.61. The first-order chi connectivity index (χ1) is 14.5. The van der Waals surface area contributed by atoms with Gasteiger partial charge in [-0.15, -0.1) is 11.3 Å². The Bertz CT molecular complexity index is 1060. The zero-order chi connectivity index (χ0) is 21.1. The Labute approximate surface area is 188 Å². The molecule has 0 saturated carbocycles. The third kappa shape index (κ3) is 4.59. The number of para-hydroxylation sites is 1. The second-order valence-corrected chi connectivity index (χ2v) is 8.43. The lowest BCUT2D eigenvalue weighted by Gasteiger charge is -2.36. The molecule has 6 nitrogen and oxygen atoms in total. The van der Waals surface area contributed by atoms with Crippen molar-refractivity contribution in [2.45, 2.75) is 0 Å². The number of hydrogen-bond donors (Lipinski definition) is 1. The molecule has 1 aliphatic heterocycles. The van der Waals surface area contributed by atoms with E-state index < -0.39 is 0 Å². The smallest absolute Gasteiger partial charge is 0.273 e. The summed E-state index contributed by atoms with van der Waals surface area (Å²) in [6, 6.07) is 14.3. The molecule has 2 heterocycles. The van der Waals surface area contributed by atoms with Crippen molar-refractivity contribution in [2.24, 2.45) is 0 Å². The average Bonchev–Trinajstić information content (AvgIpc) is 3.22. The molecule has 0 unspecified atom stereocenters. The van der Waals surface area contributed by atoms with Crippen LogP contribution in [0.1, 0.15) is 20.8 Å². The quantitative estimate of drug-likeness (QED) is 0.614. The Morgan fingerprint density at radius 2 is 1.67 bits per heavy atom. The molecule has 0 bridgehead atoms. The van der Waals surface area contributed by atoms with Gasteiger partial charge in [0.15, 0.2) is 5.13 Å². The summed E-state index contributed by atoms with van der Waals surface area (Å²) >= 11 is 13.3. The van der Waals surface area contributed by atoms with E-state index in [-0.39, 0.29) is 11.8 Å². The van der Waals surface area contributed by atoms with Gasteiger partial charge in [-0.05, 0) is 36.4 Å². The van der Waals surface area contributed by atoms with Crippen LogP contribution in [0.25, 0.3) is 0 Å². The highest BCUT2D eigenvalue weighted by molar-refractivity contribution is 7.14. The molecular formula is C21H18Cl2N4O2S. The van der Waals surface area contributed by atoms with Crippen LogP contribution in [-0.4, -0.2) is 47.9 Å². The predicted molar refractivity (Wildman–Crippen MR) is 121 cm³/mol. The molecule has 0 atom stereocenters. The van der Waals surface area contributed by atoms with Crippen molar-refractivity contribution in [3.8, 4) is 0 Å². The second kappa shape index (κ2) is 9.04.